The van der Waals surface area contributed by atoms with E-state index in [4.69, 9.17) is 21.1 Å². The molecule has 4 rings (SSSR count). The molecule has 6 heteroatoms. The number of allylic oxidation sites excluding steroid dienone is 4. The zero-order valence-electron chi connectivity index (χ0n) is 16.2. The number of dihydropyridines is 1. The highest BCUT2D eigenvalue weighted by Crippen LogP contribution is 2.48. The van der Waals surface area contributed by atoms with Crippen LogP contribution in [0.2, 0.25) is 5.02 Å². The van der Waals surface area contributed by atoms with E-state index in [1.54, 1.807) is 7.11 Å². The molecule has 5 nitrogen and oxygen atoms in total. The average molecular weight is 402 g/mol. The van der Waals surface area contributed by atoms with E-state index in [-0.39, 0.29) is 11.6 Å². The van der Waals surface area contributed by atoms with Crippen LogP contribution < -0.4 is 14.8 Å². The van der Waals surface area contributed by atoms with E-state index in [2.05, 4.69) is 5.32 Å². The van der Waals surface area contributed by atoms with Crippen LogP contribution in [0.5, 0.6) is 11.5 Å². The lowest BCUT2D eigenvalue weighted by Crippen LogP contribution is -2.36. The summed E-state index contributed by atoms with van der Waals surface area (Å²) in [5.41, 5.74) is 4.14. The number of carbonyl (C=O) groups is 2. The smallest absolute Gasteiger partial charge is 0.179 e. The Morgan fingerprint density at radius 1 is 1.04 bits per heavy atom. The fourth-order valence-electron chi connectivity index (χ4n) is 4.51. The number of Topliss-reactive ketones (excluding diaryl/α,β-unsaturated/α-hetero) is 2. The van der Waals surface area contributed by atoms with Gasteiger partial charge in [-0.1, -0.05) is 11.6 Å². The van der Waals surface area contributed by atoms with Gasteiger partial charge in [0.1, 0.15) is 0 Å². The maximum atomic E-state index is 12.9. The minimum Gasteiger partial charge on any atom is -0.493 e. The summed E-state index contributed by atoms with van der Waals surface area (Å²) < 4.78 is 11.1. The molecule has 0 unspecified atom stereocenters. The Morgan fingerprint density at radius 3 is 2.18 bits per heavy atom. The van der Waals surface area contributed by atoms with Gasteiger partial charge in [0.2, 0.25) is 0 Å². The highest BCUT2D eigenvalue weighted by atomic mass is 35.5. The zero-order valence-corrected chi connectivity index (χ0v) is 16.9. The first-order valence-electron chi connectivity index (χ1n) is 9.84. The van der Waals surface area contributed by atoms with Crippen molar-refractivity contribution in [3.8, 4) is 11.5 Å². The minimum absolute atomic E-state index is 0.104. The van der Waals surface area contributed by atoms with E-state index in [1.165, 1.54) is 0 Å². The number of nitrogens with one attached hydrogen (secondary N) is 1. The van der Waals surface area contributed by atoms with Crippen LogP contribution in [-0.2, 0) is 9.59 Å². The Bertz CT molecular complexity index is 873. The lowest BCUT2D eigenvalue weighted by atomic mass is 9.71. The van der Waals surface area contributed by atoms with Gasteiger partial charge < -0.3 is 14.8 Å². The first kappa shape index (κ1) is 19.1. The topological polar surface area (TPSA) is 64.6 Å². The molecule has 0 saturated heterocycles. The van der Waals surface area contributed by atoms with Crippen LogP contribution in [0, 0.1) is 0 Å². The Hall–Kier alpha value is -2.27. The van der Waals surface area contributed by atoms with Crippen LogP contribution in [-0.4, -0.2) is 25.3 Å². The van der Waals surface area contributed by atoms with Gasteiger partial charge in [-0.15, -0.1) is 0 Å². The Kier molecular flexibility index (Phi) is 5.19. The quantitative estimate of drug-likeness (QED) is 0.807. The van der Waals surface area contributed by atoms with Crippen LogP contribution in [0.1, 0.15) is 56.9 Å². The molecule has 1 heterocycles. The number of benzene rings is 1. The summed E-state index contributed by atoms with van der Waals surface area (Å²) >= 11 is 6.51. The molecule has 0 amide bonds. The van der Waals surface area contributed by atoms with Gasteiger partial charge in [-0.25, -0.2) is 0 Å². The largest absolute Gasteiger partial charge is 0.493 e. The second kappa shape index (κ2) is 7.63. The van der Waals surface area contributed by atoms with Crippen molar-refractivity contribution in [3.05, 3.63) is 45.3 Å². The zero-order chi connectivity index (χ0) is 19.8. The Labute approximate surface area is 169 Å². The van der Waals surface area contributed by atoms with Gasteiger partial charge in [0.25, 0.3) is 0 Å². The van der Waals surface area contributed by atoms with Crippen LogP contribution in [0.25, 0.3) is 0 Å². The van der Waals surface area contributed by atoms with Gasteiger partial charge in [-0.05, 0) is 50.3 Å². The van der Waals surface area contributed by atoms with E-state index in [0.717, 1.165) is 42.6 Å². The van der Waals surface area contributed by atoms with Crippen molar-refractivity contribution in [2.75, 3.05) is 13.7 Å². The van der Waals surface area contributed by atoms with Crippen molar-refractivity contribution in [1.82, 2.24) is 5.32 Å². The van der Waals surface area contributed by atoms with Gasteiger partial charge in [-0.2, -0.15) is 0 Å². The van der Waals surface area contributed by atoms with Gasteiger partial charge in [0.15, 0.2) is 23.1 Å². The van der Waals surface area contributed by atoms with Crippen molar-refractivity contribution in [3.63, 3.8) is 0 Å². The van der Waals surface area contributed by atoms with E-state index in [1.807, 2.05) is 19.1 Å². The second-order valence-electron chi connectivity index (χ2n) is 7.36. The maximum Gasteiger partial charge on any atom is 0.179 e. The third-order valence-corrected chi connectivity index (χ3v) is 5.95. The average Bonchev–Trinajstić information content (AvgIpc) is 2.68. The predicted octanol–water partition coefficient (Wildman–Crippen LogP) is 4.45. The number of hydrogen-bond acceptors (Lipinski definition) is 5. The lowest BCUT2D eigenvalue weighted by Gasteiger charge is -2.37. The van der Waals surface area contributed by atoms with E-state index < -0.39 is 5.92 Å². The Balaban J connectivity index is 1.91. The minimum atomic E-state index is -0.395. The van der Waals surface area contributed by atoms with Gasteiger partial charge in [0.05, 0.1) is 18.7 Å². The molecule has 0 saturated carbocycles. The summed E-state index contributed by atoms with van der Waals surface area (Å²) in [4.78, 5) is 25.8. The van der Waals surface area contributed by atoms with Crippen LogP contribution in [0.4, 0.5) is 0 Å². The monoisotopic (exact) mass is 401 g/mol. The summed E-state index contributed by atoms with van der Waals surface area (Å²) in [7, 11) is 1.56. The molecule has 0 fully saturated rings. The molecule has 1 aliphatic heterocycles. The highest BCUT2D eigenvalue weighted by Gasteiger charge is 2.40. The van der Waals surface area contributed by atoms with E-state index >= 15 is 0 Å². The molecule has 0 atom stereocenters. The van der Waals surface area contributed by atoms with Crippen LogP contribution in [0.15, 0.2) is 34.7 Å². The molecule has 28 heavy (non-hydrogen) atoms. The number of ether oxygens (including phenoxy) is 2. The third kappa shape index (κ3) is 3.12. The molecule has 1 aromatic rings. The van der Waals surface area contributed by atoms with Crippen molar-refractivity contribution < 1.29 is 19.1 Å². The molecule has 0 aromatic heterocycles. The number of ketones is 2. The van der Waals surface area contributed by atoms with Crippen molar-refractivity contribution in [1.29, 1.82) is 0 Å². The molecular formula is C22H24ClNO4. The summed E-state index contributed by atoms with van der Waals surface area (Å²) in [6, 6.07) is 3.66. The fraction of sp³-hybridized carbons (Fsp3) is 0.455. The molecule has 148 valence electrons. The van der Waals surface area contributed by atoms with Crippen molar-refractivity contribution >= 4 is 23.2 Å². The number of methoxy groups -OCH3 is 1. The lowest BCUT2D eigenvalue weighted by molar-refractivity contribution is -0.116. The van der Waals surface area contributed by atoms with Crippen molar-refractivity contribution in [2.45, 2.75) is 51.4 Å². The molecule has 1 aromatic carbocycles. The standard InChI is InChI=1S/C22H24ClNO4/c1-3-28-22-13(23)10-12(11-18(22)27-2)19-20-14(6-4-8-16(20)25)24-15-7-5-9-17(26)21(15)19/h10-11,19,24H,3-9H2,1-2H3. The highest BCUT2D eigenvalue weighted by molar-refractivity contribution is 6.32. The number of carbonyl (C=O) groups excluding carboxylic acids is 2. The van der Waals surface area contributed by atoms with Gasteiger partial charge in [-0.3, -0.25) is 9.59 Å². The summed E-state index contributed by atoms with van der Waals surface area (Å²) in [5, 5.41) is 3.84. The molecule has 3 aliphatic rings. The van der Waals surface area contributed by atoms with Gasteiger partial charge >= 0.3 is 0 Å². The van der Waals surface area contributed by atoms with Crippen LogP contribution in [0.3, 0.4) is 0 Å². The molecule has 1 N–H and O–H groups in total. The number of hydrogen-bond donors (Lipinski definition) is 1. The fourth-order valence-corrected chi connectivity index (χ4v) is 4.78. The number of halogens is 1. The normalized spacial score (nSPS) is 20.0. The van der Waals surface area contributed by atoms with Crippen LogP contribution >= 0.6 is 11.6 Å². The Morgan fingerprint density at radius 2 is 1.64 bits per heavy atom. The van der Waals surface area contributed by atoms with E-state index in [0.29, 0.717) is 47.1 Å². The maximum absolute atomic E-state index is 12.9. The molecule has 0 radical (unpaired) electrons. The summed E-state index contributed by atoms with van der Waals surface area (Å²) in [6.45, 7) is 2.34. The van der Waals surface area contributed by atoms with E-state index in [9.17, 15) is 9.59 Å². The first-order valence-corrected chi connectivity index (χ1v) is 10.2. The van der Waals surface area contributed by atoms with Gasteiger partial charge in [0, 0.05) is 41.3 Å². The SMILES string of the molecule is CCOc1c(Cl)cc(C2C3=C(CCCC3=O)NC3=C2C(=O)CCC3)cc1OC. The molecule has 0 bridgehead atoms. The number of rotatable bonds is 4. The first-order chi connectivity index (χ1) is 13.5. The molecule has 0 spiro atoms. The van der Waals surface area contributed by atoms with Crippen molar-refractivity contribution in [2.24, 2.45) is 0 Å². The summed E-state index contributed by atoms with van der Waals surface area (Å²) in [6.07, 6.45) is 4.34. The molecule has 2 aliphatic carbocycles. The third-order valence-electron chi connectivity index (χ3n) is 5.67. The molecular weight excluding hydrogens is 378 g/mol. The summed E-state index contributed by atoms with van der Waals surface area (Å²) in [5.74, 6) is 0.811. The second-order valence-corrected chi connectivity index (χ2v) is 7.77. The predicted molar refractivity (Wildman–Crippen MR) is 107 cm³/mol.